The van der Waals surface area contributed by atoms with Crippen molar-refractivity contribution in [3.63, 3.8) is 0 Å². The Kier molecular flexibility index (Phi) is 5.49. The maximum atomic E-state index is 12.8. The quantitative estimate of drug-likeness (QED) is 0.709. The van der Waals surface area contributed by atoms with E-state index in [0.29, 0.717) is 24.5 Å². The number of ether oxygens (including phenoxy) is 1. The zero-order valence-electron chi connectivity index (χ0n) is 15.5. The molecule has 0 bridgehead atoms. The molecule has 4 rings (SSSR count). The Morgan fingerprint density at radius 3 is 2.39 bits per heavy atom. The summed E-state index contributed by atoms with van der Waals surface area (Å²) in [6.45, 7) is 2.92. The first kappa shape index (κ1) is 18.0. The van der Waals surface area contributed by atoms with E-state index in [1.54, 1.807) is 6.20 Å². The summed E-state index contributed by atoms with van der Waals surface area (Å²) < 4.78 is 5.41. The normalized spacial score (nSPS) is 13.8. The Bertz CT molecular complexity index is 923. The second-order valence-corrected chi connectivity index (χ2v) is 6.49. The van der Waals surface area contributed by atoms with Crippen molar-refractivity contribution in [1.29, 1.82) is 0 Å². The molecule has 142 valence electrons. The van der Waals surface area contributed by atoms with Gasteiger partial charge in [0, 0.05) is 24.5 Å². The molecule has 3 aromatic rings. The van der Waals surface area contributed by atoms with Crippen LogP contribution in [0.3, 0.4) is 0 Å². The number of pyridine rings is 1. The molecule has 1 aliphatic rings. The molecule has 1 aromatic heterocycles. The van der Waals surface area contributed by atoms with E-state index in [4.69, 9.17) is 4.74 Å². The number of para-hydroxylation sites is 2. The van der Waals surface area contributed by atoms with Crippen LogP contribution in [0.15, 0.2) is 72.9 Å². The van der Waals surface area contributed by atoms with Crippen LogP contribution < -0.4 is 15.5 Å². The Hall–Kier alpha value is -3.38. The molecule has 2 heterocycles. The van der Waals surface area contributed by atoms with Crippen LogP contribution in [0.5, 0.6) is 0 Å². The molecule has 6 heteroatoms. The summed E-state index contributed by atoms with van der Waals surface area (Å²) in [5.41, 5.74) is 3.20. The summed E-state index contributed by atoms with van der Waals surface area (Å²) in [5, 5.41) is 6.17. The predicted octanol–water partition coefficient (Wildman–Crippen LogP) is 3.91. The third kappa shape index (κ3) is 4.29. The molecular weight excluding hydrogens is 352 g/mol. The first-order valence-electron chi connectivity index (χ1n) is 9.31. The van der Waals surface area contributed by atoms with Gasteiger partial charge in [0.2, 0.25) is 0 Å². The second-order valence-electron chi connectivity index (χ2n) is 6.49. The number of rotatable bonds is 5. The first-order chi connectivity index (χ1) is 13.8. The van der Waals surface area contributed by atoms with Crippen molar-refractivity contribution in [2.24, 2.45) is 0 Å². The lowest BCUT2D eigenvalue weighted by atomic mass is 10.1. The molecule has 1 aliphatic heterocycles. The van der Waals surface area contributed by atoms with Crippen LogP contribution in [0.2, 0.25) is 0 Å². The molecule has 0 aliphatic carbocycles. The summed E-state index contributed by atoms with van der Waals surface area (Å²) >= 11 is 0. The number of morpholine rings is 1. The van der Waals surface area contributed by atoms with E-state index in [1.807, 2.05) is 66.7 Å². The zero-order valence-corrected chi connectivity index (χ0v) is 15.5. The Morgan fingerprint density at radius 1 is 0.893 bits per heavy atom. The Balaban J connectivity index is 1.45. The fourth-order valence-corrected chi connectivity index (χ4v) is 3.16. The average Bonchev–Trinajstić information content (AvgIpc) is 2.76. The molecule has 0 radical (unpaired) electrons. The van der Waals surface area contributed by atoms with Gasteiger partial charge in [0.15, 0.2) is 0 Å². The molecule has 1 fully saturated rings. The van der Waals surface area contributed by atoms with Crippen LogP contribution in [0, 0.1) is 0 Å². The fourth-order valence-electron chi connectivity index (χ4n) is 3.16. The molecule has 2 aromatic carbocycles. The van der Waals surface area contributed by atoms with Crippen LogP contribution in [0.1, 0.15) is 10.4 Å². The van der Waals surface area contributed by atoms with Gasteiger partial charge in [-0.3, -0.25) is 4.79 Å². The number of carbonyl (C=O) groups is 1. The van der Waals surface area contributed by atoms with Crippen LogP contribution in [0.25, 0.3) is 0 Å². The van der Waals surface area contributed by atoms with Gasteiger partial charge in [-0.15, -0.1) is 0 Å². The highest BCUT2D eigenvalue weighted by atomic mass is 16.5. The molecular formula is C22H22N4O2. The van der Waals surface area contributed by atoms with E-state index in [2.05, 4.69) is 20.5 Å². The van der Waals surface area contributed by atoms with Crippen molar-refractivity contribution in [2.75, 3.05) is 41.8 Å². The summed E-state index contributed by atoms with van der Waals surface area (Å²) in [5.74, 6) is 0.575. The largest absolute Gasteiger partial charge is 0.378 e. The van der Waals surface area contributed by atoms with Crippen molar-refractivity contribution in [3.8, 4) is 0 Å². The summed E-state index contributed by atoms with van der Waals surface area (Å²) in [6, 6.07) is 21.2. The van der Waals surface area contributed by atoms with Crippen molar-refractivity contribution in [3.05, 3.63) is 78.5 Å². The molecule has 1 saturated heterocycles. The maximum absolute atomic E-state index is 12.8. The first-order valence-corrected chi connectivity index (χ1v) is 9.31. The number of amides is 1. The van der Waals surface area contributed by atoms with Gasteiger partial charge in [0.1, 0.15) is 5.82 Å². The molecule has 2 N–H and O–H groups in total. The molecule has 0 saturated carbocycles. The SMILES string of the molecule is O=C(Nc1ccc(Nc2ccccc2)nc1)c1ccccc1N1CCOCC1. The van der Waals surface area contributed by atoms with Crippen LogP contribution in [-0.4, -0.2) is 37.2 Å². The topological polar surface area (TPSA) is 66.5 Å². The number of nitrogens with zero attached hydrogens (tertiary/aromatic N) is 2. The monoisotopic (exact) mass is 374 g/mol. The standard InChI is InChI=1S/C22H22N4O2/c27-22(19-8-4-5-9-20(19)26-12-14-28-15-13-26)25-18-10-11-21(23-16-18)24-17-6-2-1-3-7-17/h1-11,16H,12-15H2,(H,23,24)(H,25,27). The summed E-state index contributed by atoms with van der Waals surface area (Å²) in [6.07, 6.45) is 1.65. The van der Waals surface area contributed by atoms with Gasteiger partial charge in [-0.1, -0.05) is 30.3 Å². The average molecular weight is 374 g/mol. The number of anilines is 4. The third-order valence-electron chi connectivity index (χ3n) is 4.57. The highest BCUT2D eigenvalue weighted by Gasteiger charge is 2.18. The minimum atomic E-state index is -0.146. The smallest absolute Gasteiger partial charge is 0.257 e. The lowest BCUT2D eigenvalue weighted by Crippen LogP contribution is -2.37. The van der Waals surface area contributed by atoms with E-state index in [1.165, 1.54) is 0 Å². The van der Waals surface area contributed by atoms with Crippen molar-refractivity contribution in [2.45, 2.75) is 0 Å². The van der Waals surface area contributed by atoms with Gasteiger partial charge in [-0.25, -0.2) is 4.98 Å². The Labute approximate surface area is 164 Å². The number of nitrogens with one attached hydrogen (secondary N) is 2. The van der Waals surface area contributed by atoms with Crippen LogP contribution in [-0.2, 0) is 4.74 Å². The number of aromatic nitrogens is 1. The summed E-state index contributed by atoms with van der Waals surface area (Å²) in [7, 11) is 0. The predicted molar refractivity (Wildman–Crippen MR) is 111 cm³/mol. The number of carbonyl (C=O) groups excluding carboxylic acids is 1. The molecule has 0 spiro atoms. The highest BCUT2D eigenvalue weighted by Crippen LogP contribution is 2.23. The lowest BCUT2D eigenvalue weighted by molar-refractivity contribution is 0.102. The molecule has 0 atom stereocenters. The number of benzene rings is 2. The fraction of sp³-hybridized carbons (Fsp3) is 0.182. The summed E-state index contributed by atoms with van der Waals surface area (Å²) in [4.78, 5) is 19.4. The van der Waals surface area contributed by atoms with Gasteiger partial charge in [0.05, 0.1) is 30.7 Å². The third-order valence-corrected chi connectivity index (χ3v) is 4.57. The van der Waals surface area contributed by atoms with Gasteiger partial charge < -0.3 is 20.3 Å². The van der Waals surface area contributed by atoms with Gasteiger partial charge in [-0.05, 0) is 36.4 Å². The van der Waals surface area contributed by atoms with E-state index in [9.17, 15) is 4.79 Å². The van der Waals surface area contributed by atoms with Crippen LogP contribution >= 0.6 is 0 Å². The van der Waals surface area contributed by atoms with E-state index in [-0.39, 0.29) is 5.91 Å². The zero-order chi connectivity index (χ0) is 19.2. The minimum Gasteiger partial charge on any atom is -0.378 e. The molecule has 28 heavy (non-hydrogen) atoms. The van der Waals surface area contributed by atoms with E-state index < -0.39 is 0 Å². The highest BCUT2D eigenvalue weighted by molar-refractivity contribution is 6.08. The van der Waals surface area contributed by atoms with Gasteiger partial charge in [0.25, 0.3) is 5.91 Å². The Morgan fingerprint density at radius 2 is 1.64 bits per heavy atom. The van der Waals surface area contributed by atoms with Crippen molar-refractivity contribution in [1.82, 2.24) is 4.98 Å². The van der Waals surface area contributed by atoms with Crippen LogP contribution in [0.4, 0.5) is 22.9 Å². The lowest BCUT2D eigenvalue weighted by Gasteiger charge is -2.30. The van der Waals surface area contributed by atoms with Crippen molar-refractivity contribution < 1.29 is 9.53 Å². The minimum absolute atomic E-state index is 0.146. The van der Waals surface area contributed by atoms with Gasteiger partial charge >= 0.3 is 0 Å². The number of hydrogen-bond donors (Lipinski definition) is 2. The maximum Gasteiger partial charge on any atom is 0.257 e. The molecule has 6 nitrogen and oxygen atoms in total. The number of hydrogen-bond acceptors (Lipinski definition) is 5. The van der Waals surface area contributed by atoms with Crippen molar-refractivity contribution >= 4 is 28.8 Å². The molecule has 1 amide bonds. The second kappa shape index (κ2) is 8.54. The molecule has 0 unspecified atom stereocenters. The van der Waals surface area contributed by atoms with Gasteiger partial charge in [-0.2, -0.15) is 0 Å². The van der Waals surface area contributed by atoms with E-state index in [0.717, 1.165) is 30.3 Å². The van der Waals surface area contributed by atoms with E-state index >= 15 is 0 Å².